The molecule has 0 aliphatic carbocycles. The van der Waals surface area contributed by atoms with Crippen LogP contribution in [0.1, 0.15) is 16.0 Å². The van der Waals surface area contributed by atoms with Gasteiger partial charge in [0, 0.05) is 4.88 Å². The Morgan fingerprint density at radius 2 is 2.04 bits per heavy atom. The number of halogens is 4. The molecule has 1 N–H and O–H groups in total. The number of hydrogen-bond donors (Lipinski definition) is 1. The zero-order valence-electron chi connectivity index (χ0n) is 14.6. The van der Waals surface area contributed by atoms with Crippen LogP contribution < -0.4 is 9.73 Å². The van der Waals surface area contributed by atoms with Gasteiger partial charge in [0.25, 0.3) is 5.91 Å². The number of nitrogens with zero attached hydrogens (tertiary/aromatic N) is 2. The summed E-state index contributed by atoms with van der Waals surface area (Å²) in [6, 6.07) is 4.08. The number of amides is 1. The predicted molar refractivity (Wildman–Crippen MR) is 103 cm³/mol. The molecular formula is C16H15ClF3N3O3S2. The molecule has 0 bridgehead atoms. The minimum Gasteiger partial charge on any atom is -0.271 e. The van der Waals surface area contributed by atoms with Gasteiger partial charge in [0.2, 0.25) is 10.0 Å². The number of hydrazone groups is 1. The van der Waals surface area contributed by atoms with Gasteiger partial charge in [-0.05, 0) is 42.1 Å². The second-order valence-electron chi connectivity index (χ2n) is 5.69. The van der Waals surface area contributed by atoms with Gasteiger partial charge in [-0.15, -0.1) is 11.3 Å². The Balaban J connectivity index is 2.25. The first-order valence-corrected chi connectivity index (χ1v) is 10.7. The lowest BCUT2D eigenvalue weighted by molar-refractivity contribution is -0.137. The summed E-state index contributed by atoms with van der Waals surface area (Å²) >= 11 is 7.28. The van der Waals surface area contributed by atoms with E-state index in [1.54, 1.807) is 0 Å². The van der Waals surface area contributed by atoms with Crippen molar-refractivity contribution in [1.82, 2.24) is 5.43 Å². The van der Waals surface area contributed by atoms with Crippen molar-refractivity contribution in [3.05, 3.63) is 50.7 Å². The molecule has 152 valence electrons. The van der Waals surface area contributed by atoms with Gasteiger partial charge in [0.05, 0.1) is 28.7 Å². The fourth-order valence-corrected chi connectivity index (χ4v) is 4.02. The Labute approximate surface area is 168 Å². The molecule has 1 aromatic heterocycles. The maximum Gasteiger partial charge on any atom is 0.416 e. The third-order valence-electron chi connectivity index (χ3n) is 3.50. The Morgan fingerprint density at radius 1 is 1.36 bits per heavy atom. The van der Waals surface area contributed by atoms with Gasteiger partial charge in [-0.25, -0.2) is 13.8 Å². The van der Waals surface area contributed by atoms with Gasteiger partial charge in [0.1, 0.15) is 6.54 Å². The molecule has 12 heteroatoms. The highest BCUT2D eigenvalue weighted by Gasteiger charge is 2.33. The molecule has 0 saturated carbocycles. The summed E-state index contributed by atoms with van der Waals surface area (Å²) in [6.07, 6.45) is -2.55. The van der Waals surface area contributed by atoms with E-state index in [1.807, 2.05) is 18.4 Å². The maximum atomic E-state index is 12.9. The van der Waals surface area contributed by atoms with Gasteiger partial charge in [0.15, 0.2) is 0 Å². The van der Waals surface area contributed by atoms with Crippen LogP contribution in [0.2, 0.25) is 5.02 Å². The number of aryl methyl sites for hydroxylation is 1. The second kappa shape index (κ2) is 8.50. The highest BCUT2D eigenvalue weighted by molar-refractivity contribution is 7.92. The number of carbonyl (C=O) groups is 1. The van der Waals surface area contributed by atoms with E-state index in [-0.39, 0.29) is 5.02 Å². The molecular weight excluding hydrogens is 439 g/mol. The zero-order valence-corrected chi connectivity index (χ0v) is 17.0. The Hall–Kier alpha value is -2.11. The van der Waals surface area contributed by atoms with Gasteiger partial charge in [-0.2, -0.15) is 18.3 Å². The summed E-state index contributed by atoms with van der Waals surface area (Å²) < 4.78 is 63.4. The molecule has 0 aliphatic rings. The first-order chi connectivity index (χ1) is 12.9. The van der Waals surface area contributed by atoms with E-state index in [1.165, 1.54) is 17.6 Å². The summed E-state index contributed by atoms with van der Waals surface area (Å²) in [5.74, 6) is -0.843. The quantitative estimate of drug-likeness (QED) is 0.535. The largest absolute Gasteiger partial charge is 0.416 e. The van der Waals surface area contributed by atoms with Crippen LogP contribution in [0.4, 0.5) is 18.9 Å². The van der Waals surface area contributed by atoms with Gasteiger partial charge < -0.3 is 0 Å². The van der Waals surface area contributed by atoms with Crippen molar-refractivity contribution in [2.24, 2.45) is 5.10 Å². The molecule has 1 aromatic carbocycles. The predicted octanol–water partition coefficient (Wildman–Crippen LogP) is 3.65. The molecule has 0 aliphatic heterocycles. The Bertz CT molecular complexity index is 1000. The SMILES string of the molecule is Cc1ccsc1/C=N\NC(=O)CN(c1cc(C(F)(F)F)ccc1Cl)S(C)(=O)=O. The van der Waals surface area contributed by atoms with E-state index in [9.17, 15) is 26.4 Å². The van der Waals surface area contributed by atoms with Crippen molar-refractivity contribution in [1.29, 1.82) is 0 Å². The van der Waals surface area contributed by atoms with Crippen LogP contribution in [0.15, 0.2) is 34.7 Å². The van der Waals surface area contributed by atoms with Crippen LogP contribution in [0, 0.1) is 6.92 Å². The van der Waals surface area contributed by atoms with E-state index < -0.39 is 39.9 Å². The van der Waals surface area contributed by atoms with Crippen LogP contribution in [0.25, 0.3) is 0 Å². The number of hydrogen-bond acceptors (Lipinski definition) is 5. The lowest BCUT2D eigenvalue weighted by Gasteiger charge is -2.23. The standard InChI is InChI=1S/C16H15ClF3N3O3S2/c1-10-5-6-27-14(10)8-21-22-15(24)9-23(28(2,25)26)13-7-11(16(18,19)20)3-4-12(13)17/h3-8H,9H2,1-2H3,(H,22,24)/b21-8-. The zero-order chi connectivity index (χ0) is 21.1. The fraction of sp³-hybridized carbons (Fsp3) is 0.250. The number of thiophene rings is 1. The first-order valence-electron chi connectivity index (χ1n) is 7.60. The summed E-state index contributed by atoms with van der Waals surface area (Å²) in [6.45, 7) is 1.06. The molecule has 2 aromatic rings. The molecule has 0 radical (unpaired) electrons. The molecule has 0 spiro atoms. The van der Waals surface area contributed by atoms with Crippen LogP contribution in [0.5, 0.6) is 0 Å². The Kier molecular flexibility index (Phi) is 6.73. The van der Waals surface area contributed by atoms with Crippen molar-refractivity contribution >= 4 is 50.8 Å². The van der Waals surface area contributed by atoms with E-state index in [0.717, 1.165) is 28.8 Å². The minimum absolute atomic E-state index is 0.246. The number of sulfonamides is 1. The number of rotatable bonds is 6. The second-order valence-corrected chi connectivity index (χ2v) is 8.96. The van der Waals surface area contributed by atoms with Gasteiger partial charge in [-0.1, -0.05) is 11.6 Å². The third kappa shape index (κ3) is 5.69. The normalized spacial score (nSPS) is 12.4. The Morgan fingerprint density at radius 3 is 2.57 bits per heavy atom. The first kappa shape index (κ1) is 22.2. The number of alkyl halides is 3. The molecule has 0 atom stereocenters. The number of carbonyl (C=O) groups excluding carboxylic acids is 1. The topological polar surface area (TPSA) is 78.8 Å². The maximum absolute atomic E-state index is 12.9. The lowest BCUT2D eigenvalue weighted by Crippen LogP contribution is -2.39. The molecule has 2 rings (SSSR count). The van der Waals surface area contributed by atoms with E-state index >= 15 is 0 Å². The lowest BCUT2D eigenvalue weighted by atomic mass is 10.2. The summed E-state index contributed by atoms with van der Waals surface area (Å²) in [7, 11) is -4.10. The van der Waals surface area contributed by atoms with Crippen molar-refractivity contribution < 1.29 is 26.4 Å². The van der Waals surface area contributed by atoms with Crippen molar-refractivity contribution in [3.8, 4) is 0 Å². The van der Waals surface area contributed by atoms with E-state index in [2.05, 4.69) is 10.5 Å². The average Bonchev–Trinajstić information content (AvgIpc) is 2.96. The smallest absolute Gasteiger partial charge is 0.271 e. The summed E-state index contributed by atoms with van der Waals surface area (Å²) in [5.41, 5.74) is 1.55. The van der Waals surface area contributed by atoms with Crippen molar-refractivity contribution in [2.75, 3.05) is 17.1 Å². The van der Waals surface area contributed by atoms with E-state index in [4.69, 9.17) is 11.6 Å². The van der Waals surface area contributed by atoms with Crippen LogP contribution in [-0.4, -0.2) is 33.3 Å². The highest BCUT2D eigenvalue weighted by atomic mass is 35.5. The van der Waals surface area contributed by atoms with Crippen molar-refractivity contribution in [2.45, 2.75) is 13.1 Å². The molecule has 28 heavy (non-hydrogen) atoms. The minimum atomic E-state index is -4.70. The molecule has 0 unspecified atom stereocenters. The molecule has 1 heterocycles. The number of anilines is 1. The van der Waals surface area contributed by atoms with Crippen molar-refractivity contribution in [3.63, 3.8) is 0 Å². The summed E-state index contributed by atoms with van der Waals surface area (Å²) in [5, 5.41) is 5.32. The van der Waals surface area contributed by atoms with Crippen LogP contribution >= 0.6 is 22.9 Å². The van der Waals surface area contributed by atoms with Gasteiger partial charge in [-0.3, -0.25) is 9.10 Å². The summed E-state index contributed by atoms with van der Waals surface area (Å²) in [4.78, 5) is 12.9. The average molecular weight is 454 g/mol. The van der Waals surface area contributed by atoms with Crippen LogP contribution in [-0.2, 0) is 21.0 Å². The molecule has 0 saturated heterocycles. The molecule has 1 amide bonds. The molecule has 6 nitrogen and oxygen atoms in total. The molecule has 0 fully saturated rings. The van der Waals surface area contributed by atoms with Gasteiger partial charge >= 0.3 is 6.18 Å². The monoisotopic (exact) mass is 453 g/mol. The number of benzene rings is 1. The highest BCUT2D eigenvalue weighted by Crippen LogP contribution is 2.36. The fourth-order valence-electron chi connectivity index (χ4n) is 2.11. The van der Waals surface area contributed by atoms with Crippen LogP contribution in [0.3, 0.4) is 0 Å². The van der Waals surface area contributed by atoms with E-state index in [0.29, 0.717) is 10.4 Å². The third-order valence-corrected chi connectivity index (χ3v) is 5.90. The number of nitrogens with one attached hydrogen (secondary N) is 1.